The number of nitrogen functional groups attached to an aromatic ring is 1. The van der Waals surface area contributed by atoms with Gasteiger partial charge in [0.1, 0.15) is 0 Å². The van der Waals surface area contributed by atoms with Crippen molar-refractivity contribution in [1.82, 2.24) is 10.2 Å². The number of benzene rings is 1. The van der Waals surface area contributed by atoms with Gasteiger partial charge in [0.2, 0.25) is 0 Å². The molecule has 5 nitrogen and oxygen atoms in total. The molecule has 1 amide bonds. The number of nitrogens with zero attached hydrogens (tertiary/aromatic N) is 1. The van der Waals surface area contributed by atoms with Crippen LogP contribution in [0.1, 0.15) is 10.4 Å². The maximum atomic E-state index is 11.9. The molecular formula is C13H19N3O2. The molecule has 1 atom stereocenters. The first-order valence-electron chi connectivity index (χ1n) is 6.09. The molecular weight excluding hydrogens is 230 g/mol. The molecule has 1 saturated heterocycles. The Morgan fingerprint density at radius 3 is 2.89 bits per heavy atom. The molecule has 1 fully saturated rings. The lowest BCUT2D eigenvalue weighted by molar-refractivity contribution is -0.0175. The van der Waals surface area contributed by atoms with Crippen molar-refractivity contribution in [3.63, 3.8) is 0 Å². The van der Waals surface area contributed by atoms with Gasteiger partial charge in [-0.15, -0.1) is 0 Å². The molecule has 0 radical (unpaired) electrons. The average molecular weight is 249 g/mol. The Hall–Kier alpha value is -1.59. The minimum absolute atomic E-state index is 0.0708. The first-order chi connectivity index (χ1) is 8.65. The van der Waals surface area contributed by atoms with E-state index in [1.807, 2.05) is 0 Å². The summed E-state index contributed by atoms with van der Waals surface area (Å²) < 4.78 is 5.58. The summed E-state index contributed by atoms with van der Waals surface area (Å²) in [5, 5.41) is 2.88. The van der Waals surface area contributed by atoms with Crippen LogP contribution in [0.4, 0.5) is 5.69 Å². The van der Waals surface area contributed by atoms with Crippen molar-refractivity contribution in [3.05, 3.63) is 29.8 Å². The summed E-state index contributed by atoms with van der Waals surface area (Å²) in [5.74, 6) is -0.0909. The maximum absolute atomic E-state index is 11.9. The van der Waals surface area contributed by atoms with Gasteiger partial charge in [0.15, 0.2) is 0 Å². The summed E-state index contributed by atoms with van der Waals surface area (Å²) in [6.07, 6.45) is 0.0708. The number of ether oxygens (including phenoxy) is 1. The van der Waals surface area contributed by atoms with Crippen LogP contribution in [0.25, 0.3) is 0 Å². The van der Waals surface area contributed by atoms with Crippen LogP contribution in [-0.4, -0.2) is 50.2 Å². The van der Waals surface area contributed by atoms with Gasteiger partial charge < -0.3 is 20.7 Å². The summed E-state index contributed by atoms with van der Waals surface area (Å²) in [6, 6.07) is 6.89. The molecule has 3 N–H and O–H groups in total. The van der Waals surface area contributed by atoms with Crippen LogP contribution in [0.15, 0.2) is 24.3 Å². The Morgan fingerprint density at radius 1 is 1.50 bits per heavy atom. The third-order valence-electron chi connectivity index (χ3n) is 3.01. The van der Waals surface area contributed by atoms with E-state index < -0.39 is 0 Å². The molecule has 0 aromatic heterocycles. The first-order valence-corrected chi connectivity index (χ1v) is 6.09. The zero-order valence-corrected chi connectivity index (χ0v) is 10.6. The molecule has 5 heteroatoms. The average Bonchev–Trinajstić information content (AvgIpc) is 2.37. The minimum Gasteiger partial charge on any atom is -0.399 e. The number of nitrogens with one attached hydrogen (secondary N) is 1. The molecule has 2 rings (SSSR count). The fraction of sp³-hybridized carbons (Fsp3) is 0.462. The van der Waals surface area contributed by atoms with Crippen molar-refractivity contribution < 1.29 is 9.53 Å². The van der Waals surface area contributed by atoms with Crippen molar-refractivity contribution in [1.29, 1.82) is 0 Å². The number of carbonyl (C=O) groups is 1. The number of morpholine rings is 1. The van der Waals surface area contributed by atoms with E-state index in [1.165, 1.54) is 0 Å². The highest BCUT2D eigenvalue weighted by molar-refractivity contribution is 5.94. The molecule has 18 heavy (non-hydrogen) atoms. The van der Waals surface area contributed by atoms with Crippen molar-refractivity contribution >= 4 is 11.6 Å². The van der Waals surface area contributed by atoms with E-state index in [2.05, 4.69) is 17.3 Å². The highest BCUT2D eigenvalue weighted by atomic mass is 16.5. The van der Waals surface area contributed by atoms with E-state index in [9.17, 15) is 4.79 Å². The van der Waals surface area contributed by atoms with Gasteiger partial charge in [-0.1, -0.05) is 0 Å². The summed E-state index contributed by atoms with van der Waals surface area (Å²) in [5.41, 5.74) is 6.85. The second-order valence-electron chi connectivity index (χ2n) is 4.59. The van der Waals surface area contributed by atoms with E-state index >= 15 is 0 Å². The Labute approximate surface area is 107 Å². The van der Waals surface area contributed by atoms with Crippen LogP contribution in [0, 0.1) is 0 Å². The summed E-state index contributed by atoms with van der Waals surface area (Å²) in [7, 11) is 2.05. The Morgan fingerprint density at radius 2 is 2.22 bits per heavy atom. The largest absolute Gasteiger partial charge is 0.399 e. The number of amides is 1. The standard InChI is InChI=1S/C13H19N3O2/c1-16-6-7-18-12(9-16)8-15-13(17)10-2-4-11(14)5-3-10/h2-5,12H,6-9,14H2,1H3,(H,15,17). The second-order valence-corrected chi connectivity index (χ2v) is 4.59. The molecule has 0 saturated carbocycles. The van der Waals surface area contributed by atoms with Crippen LogP contribution >= 0.6 is 0 Å². The predicted molar refractivity (Wildman–Crippen MR) is 70.4 cm³/mol. The van der Waals surface area contributed by atoms with Crippen molar-refractivity contribution in [2.24, 2.45) is 0 Å². The summed E-state index contributed by atoms with van der Waals surface area (Å²) in [6.45, 7) is 3.05. The third-order valence-corrected chi connectivity index (χ3v) is 3.01. The van der Waals surface area contributed by atoms with E-state index in [4.69, 9.17) is 10.5 Å². The fourth-order valence-corrected chi connectivity index (χ4v) is 1.93. The molecule has 0 aliphatic carbocycles. The van der Waals surface area contributed by atoms with E-state index in [-0.39, 0.29) is 12.0 Å². The molecule has 0 bridgehead atoms. The first kappa shape index (κ1) is 12.9. The van der Waals surface area contributed by atoms with Crippen molar-refractivity contribution in [2.75, 3.05) is 39.0 Å². The molecule has 98 valence electrons. The summed E-state index contributed by atoms with van der Waals surface area (Å²) in [4.78, 5) is 14.1. The Kier molecular flexibility index (Phi) is 4.17. The number of hydrogen-bond acceptors (Lipinski definition) is 4. The van der Waals surface area contributed by atoms with Gasteiger partial charge >= 0.3 is 0 Å². The molecule has 1 aromatic carbocycles. The molecule has 1 aliphatic heterocycles. The number of rotatable bonds is 3. The molecule has 1 heterocycles. The number of anilines is 1. The predicted octanol–water partition coefficient (Wildman–Crippen LogP) is 0.329. The van der Waals surface area contributed by atoms with Gasteiger partial charge in [0.25, 0.3) is 5.91 Å². The van der Waals surface area contributed by atoms with Gasteiger partial charge in [-0.2, -0.15) is 0 Å². The molecule has 1 unspecified atom stereocenters. The van der Waals surface area contributed by atoms with Gasteiger partial charge in [0, 0.05) is 30.9 Å². The van der Waals surface area contributed by atoms with Crippen LogP contribution in [0.3, 0.4) is 0 Å². The zero-order chi connectivity index (χ0) is 13.0. The number of likely N-dealkylation sites (N-methyl/N-ethyl adjacent to an activating group) is 1. The lowest BCUT2D eigenvalue weighted by atomic mass is 10.2. The quantitative estimate of drug-likeness (QED) is 0.758. The number of carbonyl (C=O) groups excluding carboxylic acids is 1. The van der Waals surface area contributed by atoms with E-state index in [0.29, 0.717) is 17.8 Å². The second kappa shape index (κ2) is 5.84. The van der Waals surface area contributed by atoms with Gasteiger partial charge in [-0.25, -0.2) is 0 Å². The topological polar surface area (TPSA) is 67.6 Å². The van der Waals surface area contributed by atoms with Crippen LogP contribution in [0.2, 0.25) is 0 Å². The Bertz CT molecular complexity index is 405. The molecule has 1 aliphatic rings. The summed E-state index contributed by atoms with van der Waals surface area (Å²) >= 11 is 0. The lowest BCUT2D eigenvalue weighted by Gasteiger charge is -2.30. The normalized spacial score (nSPS) is 20.6. The fourth-order valence-electron chi connectivity index (χ4n) is 1.93. The Balaban J connectivity index is 1.82. The van der Waals surface area contributed by atoms with Crippen molar-refractivity contribution in [3.8, 4) is 0 Å². The number of nitrogens with two attached hydrogens (primary N) is 1. The highest BCUT2D eigenvalue weighted by Gasteiger charge is 2.18. The van der Waals surface area contributed by atoms with E-state index in [1.54, 1.807) is 24.3 Å². The monoisotopic (exact) mass is 249 g/mol. The highest BCUT2D eigenvalue weighted by Crippen LogP contribution is 2.06. The van der Waals surface area contributed by atoms with E-state index in [0.717, 1.165) is 19.7 Å². The SMILES string of the molecule is CN1CCOC(CNC(=O)c2ccc(N)cc2)C1. The number of hydrogen-bond donors (Lipinski definition) is 2. The van der Waals surface area contributed by atoms with Gasteiger partial charge in [-0.05, 0) is 31.3 Å². The van der Waals surface area contributed by atoms with Gasteiger partial charge in [-0.3, -0.25) is 4.79 Å². The van der Waals surface area contributed by atoms with Crippen LogP contribution < -0.4 is 11.1 Å². The molecule has 0 spiro atoms. The maximum Gasteiger partial charge on any atom is 0.251 e. The molecule has 1 aromatic rings. The lowest BCUT2D eigenvalue weighted by Crippen LogP contribution is -2.45. The minimum atomic E-state index is -0.0909. The third kappa shape index (κ3) is 3.45. The smallest absolute Gasteiger partial charge is 0.251 e. The van der Waals surface area contributed by atoms with Gasteiger partial charge in [0.05, 0.1) is 12.7 Å². The van der Waals surface area contributed by atoms with Crippen molar-refractivity contribution in [2.45, 2.75) is 6.10 Å². The van der Waals surface area contributed by atoms with Crippen LogP contribution in [-0.2, 0) is 4.74 Å². The van der Waals surface area contributed by atoms with Crippen LogP contribution in [0.5, 0.6) is 0 Å². The zero-order valence-electron chi connectivity index (χ0n) is 10.6.